The van der Waals surface area contributed by atoms with Crippen molar-refractivity contribution in [2.75, 3.05) is 38.7 Å². The van der Waals surface area contributed by atoms with Gasteiger partial charge in [0.05, 0.1) is 26.2 Å². The minimum atomic E-state index is -1.10. The van der Waals surface area contributed by atoms with Gasteiger partial charge in [-0.05, 0) is 64.2 Å². The summed E-state index contributed by atoms with van der Waals surface area (Å²) in [6.45, 7) is 11.9. The maximum absolute atomic E-state index is 14.5. The number of ketones is 1. The number of aliphatic hydroxyl groups excluding tert-OH is 2. The molecule has 2 amide bonds. The van der Waals surface area contributed by atoms with E-state index in [0.717, 1.165) is 30.0 Å². The monoisotopic (exact) mass is 952 g/mol. The van der Waals surface area contributed by atoms with Crippen molar-refractivity contribution in [1.29, 1.82) is 0 Å². The zero-order chi connectivity index (χ0) is 44.7. The molecule has 5 atom stereocenters. The molecule has 6 heterocycles. The van der Waals surface area contributed by atoms with Crippen molar-refractivity contribution >= 4 is 51.5 Å². The number of Topliss-reactive ketones (excluding diaryl/α,β-unsaturated/α-hetero) is 1. The van der Waals surface area contributed by atoms with Gasteiger partial charge in [0, 0.05) is 89.8 Å². The van der Waals surface area contributed by atoms with E-state index in [0.29, 0.717) is 80.8 Å². The minimum absolute atomic E-state index is 0. The van der Waals surface area contributed by atoms with Crippen LogP contribution in [0.1, 0.15) is 144 Å². The Labute approximate surface area is 381 Å². The van der Waals surface area contributed by atoms with Gasteiger partial charge in [0.2, 0.25) is 11.8 Å². The molecule has 0 aromatic carbocycles. The first-order valence-corrected chi connectivity index (χ1v) is 21.5. The summed E-state index contributed by atoms with van der Waals surface area (Å²) in [4.78, 5) is 79.0. The van der Waals surface area contributed by atoms with Crippen molar-refractivity contribution in [3.05, 3.63) is 93.2 Å². The van der Waals surface area contributed by atoms with Crippen molar-refractivity contribution in [2.24, 2.45) is 0 Å². The number of hydrogen-bond donors (Lipinski definition) is 5. The Morgan fingerprint density at radius 1 is 0.873 bits per heavy atom. The number of carbonyl (C=O) groups excluding carboxylic acids is 4. The van der Waals surface area contributed by atoms with Crippen molar-refractivity contribution in [1.82, 2.24) is 35.6 Å². The first-order valence-electron chi connectivity index (χ1n) is 21.5. The number of nitrogens with zero attached hydrogens (tertiary/aromatic N) is 5. The molecule has 63 heavy (non-hydrogen) atoms. The van der Waals surface area contributed by atoms with Crippen molar-refractivity contribution < 1.29 is 54.6 Å². The van der Waals surface area contributed by atoms with Crippen molar-refractivity contribution in [3.8, 4) is 0 Å². The van der Waals surface area contributed by atoms with Gasteiger partial charge in [-0.3, -0.25) is 29.1 Å². The van der Waals surface area contributed by atoms with Crippen LogP contribution in [0.5, 0.6) is 0 Å². The summed E-state index contributed by atoms with van der Waals surface area (Å²) in [7, 11) is 1.30. The van der Waals surface area contributed by atoms with Crippen LogP contribution < -0.4 is 25.9 Å². The second-order valence-electron chi connectivity index (χ2n) is 16.3. The quantitative estimate of drug-likeness (QED) is 0.0380. The number of esters is 1. The van der Waals surface area contributed by atoms with E-state index in [9.17, 15) is 29.4 Å². The van der Waals surface area contributed by atoms with Crippen LogP contribution >= 0.6 is 0 Å². The summed E-state index contributed by atoms with van der Waals surface area (Å²) in [6, 6.07) is 11.3. The standard InChI is InChI=1S/C47H60N8O7.Pd/c1-8-31-25(2)34-22-39-43(29(6)57)27(4)36(53-39)20-35-26(3)32(14-15-41(59)51-23-30(58)24-56)45(54-35)33(19-42(60)62-7)46-44(28(5)37(55-46)21-38(31)52-34)47(61)50-18-12-11-17-49-40-13-9-10-16-48-40;/h9-10,13,16,20-22,25-26,30-32,56,58H,8,11-12,14-15,17-19,23-24H2,1-7H3,(H5,48,49,50,51,52,53,54,55,57,59,61);/q;+2/p-2/t25-,26+,30?,31-,32+;/m1./s1. The minimum Gasteiger partial charge on any atom is -0.657 e. The largest absolute Gasteiger partial charge is 2.00 e. The predicted octanol–water partition coefficient (Wildman–Crippen LogP) is 5.56. The first-order chi connectivity index (χ1) is 29.8. The van der Waals surface area contributed by atoms with Gasteiger partial charge in [-0.1, -0.05) is 56.2 Å². The van der Waals surface area contributed by atoms with E-state index in [2.05, 4.69) is 34.8 Å². The molecule has 1 unspecified atom stereocenters. The Kier molecular flexibility index (Phi) is 16.9. The van der Waals surface area contributed by atoms with Crippen LogP contribution in [-0.4, -0.2) is 88.2 Å². The van der Waals surface area contributed by atoms with Crippen LogP contribution in [0.4, 0.5) is 5.82 Å². The van der Waals surface area contributed by atoms with E-state index in [4.69, 9.17) is 24.7 Å². The Hall–Kier alpha value is -5.27. The molecule has 5 N–H and O–H groups in total. The molecule has 16 heteroatoms. The van der Waals surface area contributed by atoms with Gasteiger partial charge in [-0.15, -0.1) is 22.1 Å². The van der Waals surface area contributed by atoms with E-state index in [1.165, 1.54) is 14.0 Å². The number of aliphatic hydroxyl groups is 2. The number of ether oxygens (including phenoxy) is 1. The number of aromatic nitrogens is 5. The third kappa shape index (κ3) is 11.1. The van der Waals surface area contributed by atoms with Crippen molar-refractivity contribution in [2.45, 2.75) is 110 Å². The number of aryl methyl sites for hydroxylation is 2. The molecule has 4 aromatic rings. The number of hydrogen-bond acceptors (Lipinski definition) is 11. The van der Waals surface area contributed by atoms with Gasteiger partial charge in [0.25, 0.3) is 0 Å². The van der Waals surface area contributed by atoms with Crippen LogP contribution in [0.25, 0.3) is 22.1 Å². The number of fused-ring (bicyclic) bond motifs is 8. The van der Waals surface area contributed by atoms with Crippen LogP contribution in [-0.2, 0) is 41.2 Å². The number of rotatable bonds is 17. The molecule has 4 aromatic heterocycles. The van der Waals surface area contributed by atoms with E-state index in [1.54, 1.807) is 6.20 Å². The molecule has 338 valence electrons. The molecule has 15 nitrogen and oxygen atoms in total. The van der Waals surface area contributed by atoms with Gasteiger partial charge in [0.15, 0.2) is 5.78 Å². The number of unbranched alkanes of at least 4 members (excludes halogenated alkanes) is 1. The maximum Gasteiger partial charge on any atom is 2.00 e. The molecule has 6 rings (SSSR count). The van der Waals surface area contributed by atoms with Crippen LogP contribution in [0, 0.1) is 13.8 Å². The van der Waals surface area contributed by atoms with Gasteiger partial charge in [-0.25, -0.2) is 4.98 Å². The van der Waals surface area contributed by atoms with Crippen LogP contribution in [0.2, 0.25) is 0 Å². The smallest absolute Gasteiger partial charge is 0.657 e. The number of pyridine rings is 1. The van der Waals surface area contributed by atoms with Crippen LogP contribution in [0.15, 0.2) is 42.6 Å². The molecule has 0 spiro atoms. The van der Waals surface area contributed by atoms with E-state index >= 15 is 0 Å². The molecule has 0 fully saturated rings. The Bertz CT molecular complexity index is 2470. The zero-order valence-corrected chi connectivity index (χ0v) is 38.5. The molecule has 0 radical (unpaired) electrons. The average Bonchev–Trinajstić information content (AvgIpc) is 3.95. The fraction of sp³-hybridized carbons (Fsp3) is 0.468. The number of amides is 2. The third-order valence-corrected chi connectivity index (χ3v) is 12.2. The van der Waals surface area contributed by atoms with Gasteiger partial charge < -0.3 is 40.9 Å². The molecular formula is C47H58N8O7Pd. The molecular weight excluding hydrogens is 895 g/mol. The topological polar surface area (TPSA) is 221 Å². The van der Waals surface area contributed by atoms with E-state index in [-0.39, 0.29) is 81.6 Å². The number of methoxy groups -OCH3 is 1. The average molecular weight is 953 g/mol. The zero-order valence-electron chi connectivity index (χ0n) is 37.0. The number of anilines is 1. The van der Waals surface area contributed by atoms with Gasteiger partial charge >= 0.3 is 26.4 Å². The molecule has 2 aliphatic heterocycles. The molecule has 0 aliphatic carbocycles. The normalized spacial score (nSPS) is 17.3. The summed E-state index contributed by atoms with van der Waals surface area (Å²) in [5, 5.41) is 28.2. The second kappa shape index (κ2) is 21.9. The SMILES string of the molecule is CC[C@H]1c2cc3[n-]c(c(CC(=O)OC)c4nc(cc5[n-]c(cc(n2)[C@@H]1C)c(C(C)=O)c5C)[C@@H](C)[C@@H]4CCC(=O)NCC(O)CO)c(C(=O)NCCCCNc1ccccn1)c3C.[Pd+2]. The fourth-order valence-corrected chi connectivity index (χ4v) is 8.58. The molecule has 8 bridgehead atoms. The number of carbonyl (C=O) groups is 4. The Morgan fingerprint density at radius 3 is 2.22 bits per heavy atom. The summed E-state index contributed by atoms with van der Waals surface area (Å²) in [6.07, 6.45) is 2.92. The van der Waals surface area contributed by atoms with Gasteiger partial charge in [0.1, 0.15) is 5.82 Å². The van der Waals surface area contributed by atoms with Gasteiger partial charge in [-0.2, -0.15) is 0 Å². The van der Waals surface area contributed by atoms with E-state index < -0.39 is 24.6 Å². The molecule has 0 saturated carbocycles. The predicted molar refractivity (Wildman–Crippen MR) is 236 cm³/mol. The number of nitrogens with one attached hydrogen (secondary N) is 3. The van der Waals surface area contributed by atoms with E-state index in [1.807, 2.05) is 57.2 Å². The van der Waals surface area contributed by atoms with Crippen LogP contribution in [0.3, 0.4) is 0 Å². The van der Waals surface area contributed by atoms with Crippen molar-refractivity contribution in [3.63, 3.8) is 0 Å². The summed E-state index contributed by atoms with van der Waals surface area (Å²) in [5.74, 6) is -1.33. The second-order valence-corrected chi connectivity index (χ2v) is 16.3. The third-order valence-electron chi connectivity index (χ3n) is 12.2. The Morgan fingerprint density at radius 2 is 1.54 bits per heavy atom. The Balaban J connectivity index is 0.00000748. The maximum atomic E-state index is 14.5. The first kappa shape index (κ1) is 48.8. The summed E-state index contributed by atoms with van der Waals surface area (Å²) in [5.41, 5.74) is 7.12. The fourth-order valence-electron chi connectivity index (χ4n) is 8.58. The molecule has 0 saturated heterocycles. The molecule has 2 aliphatic rings. The summed E-state index contributed by atoms with van der Waals surface area (Å²) >= 11 is 0. The summed E-state index contributed by atoms with van der Waals surface area (Å²) < 4.78 is 5.24.